The summed E-state index contributed by atoms with van der Waals surface area (Å²) in [6, 6.07) is 2.65. The zero-order valence-electron chi connectivity index (χ0n) is 8.40. The second-order valence-corrected chi connectivity index (χ2v) is 3.17. The van der Waals surface area contributed by atoms with E-state index in [-0.39, 0.29) is 11.4 Å². The predicted octanol–water partition coefficient (Wildman–Crippen LogP) is 1.77. The van der Waals surface area contributed by atoms with Crippen molar-refractivity contribution in [1.82, 2.24) is 10.1 Å². The molecular formula is C10H8FN3O2. The fraction of sp³-hybridized carbons (Fsp3) is 0.100. The Bertz CT molecular complexity index is 524. The van der Waals surface area contributed by atoms with E-state index in [0.29, 0.717) is 5.76 Å². The van der Waals surface area contributed by atoms with Crippen LogP contribution in [0, 0.1) is 12.7 Å². The lowest BCUT2D eigenvalue weighted by atomic mass is 10.3. The molecule has 0 spiro atoms. The average Bonchev–Trinajstić information content (AvgIpc) is 2.65. The van der Waals surface area contributed by atoms with Crippen LogP contribution in [0.25, 0.3) is 0 Å². The molecule has 0 aliphatic rings. The number of carbonyl (C=O) groups is 1. The van der Waals surface area contributed by atoms with Crippen LogP contribution < -0.4 is 5.32 Å². The summed E-state index contributed by atoms with van der Waals surface area (Å²) in [5, 5.41) is 5.98. The number of anilines is 1. The van der Waals surface area contributed by atoms with E-state index in [1.54, 1.807) is 6.92 Å². The second kappa shape index (κ2) is 4.09. The molecule has 0 bridgehead atoms. The molecule has 82 valence electrons. The highest BCUT2D eigenvalue weighted by Gasteiger charge is 2.11. The summed E-state index contributed by atoms with van der Waals surface area (Å²) in [4.78, 5) is 15.2. The van der Waals surface area contributed by atoms with Gasteiger partial charge in [0.1, 0.15) is 11.6 Å². The third-order valence-electron chi connectivity index (χ3n) is 1.82. The number of rotatable bonds is 2. The SMILES string of the molecule is Cc1cc(C(=O)Nc2cncc(F)c2)no1. The first kappa shape index (κ1) is 10.3. The van der Waals surface area contributed by atoms with Crippen LogP contribution in [0.1, 0.15) is 16.2 Å². The first-order chi connectivity index (χ1) is 7.65. The second-order valence-electron chi connectivity index (χ2n) is 3.17. The van der Waals surface area contributed by atoms with Crippen LogP contribution in [0.4, 0.5) is 10.1 Å². The molecule has 6 heteroatoms. The highest BCUT2D eigenvalue weighted by Crippen LogP contribution is 2.09. The minimum absolute atomic E-state index is 0.141. The summed E-state index contributed by atoms with van der Waals surface area (Å²) >= 11 is 0. The lowest BCUT2D eigenvalue weighted by Gasteiger charge is -2.01. The van der Waals surface area contributed by atoms with Gasteiger partial charge in [0, 0.05) is 12.1 Å². The van der Waals surface area contributed by atoms with E-state index in [1.807, 2.05) is 0 Å². The molecule has 2 heterocycles. The Labute approximate surface area is 90.3 Å². The Morgan fingerprint density at radius 1 is 1.44 bits per heavy atom. The molecule has 2 rings (SSSR count). The predicted molar refractivity (Wildman–Crippen MR) is 53.4 cm³/mol. The molecule has 0 atom stereocenters. The fourth-order valence-electron chi connectivity index (χ4n) is 1.15. The molecule has 16 heavy (non-hydrogen) atoms. The Hall–Kier alpha value is -2.24. The fourth-order valence-corrected chi connectivity index (χ4v) is 1.15. The molecule has 0 saturated carbocycles. The number of nitrogens with one attached hydrogen (secondary N) is 1. The Kier molecular flexibility index (Phi) is 2.63. The quantitative estimate of drug-likeness (QED) is 0.839. The monoisotopic (exact) mass is 221 g/mol. The smallest absolute Gasteiger partial charge is 0.277 e. The van der Waals surface area contributed by atoms with Crippen LogP contribution in [-0.2, 0) is 0 Å². The minimum atomic E-state index is -0.519. The van der Waals surface area contributed by atoms with E-state index in [2.05, 4.69) is 15.5 Å². The van der Waals surface area contributed by atoms with Crippen molar-refractivity contribution >= 4 is 11.6 Å². The van der Waals surface area contributed by atoms with Crippen molar-refractivity contribution in [3.05, 3.63) is 41.8 Å². The number of aryl methyl sites for hydroxylation is 1. The van der Waals surface area contributed by atoms with E-state index in [4.69, 9.17) is 4.52 Å². The average molecular weight is 221 g/mol. The van der Waals surface area contributed by atoms with Gasteiger partial charge in [-0.1, -0.05) is 5.16 Å². The van der Waals surface area contributed by atoms with Gasteiger partial charge in [-0.25, -0.2) is 4.39 Å². The Morgan fingerprint density at radius 3 is 2.88 bits per heavy atom. The van der Waals surface area contributed by atoms with Gasteiger partial charge < -0.3 is 9.84 Å². The number of pyridine rings is 1. The van der Waals surface area contributed by atoms with E-state index in [1.165, 1.54) is 12.3 Å². The molecule has 2 aromatic heterocycles. The van der Waals surface area contributed by atoms with Crippen LogP contribution in [0.3, 0.4) is 0 Å². The molecule has 5 nitrogen and oxygen atoms in total. The van der Waals surface area contributed by atoms with Gasteiger partial charge in [-0.15, -0.1) is 0 Å². The lowest BCUT2D eigenvalue weighted by Crippen LogP contribution is -2.12. The van der Waals surface area contributed by atoms with Gasteiger partial charge in [-0.05, 0) is 6.92 Å². The van der Waals surface area contributed by atoms with Gasteiger partial charge in [0.2, 0.25) is 0 Å². The molecule has 0 aromatic carbocycles. The van der Waals surface area contributed by atoms with Crippen LogP contribution in [0.15, 0.2) is 29.0 Å². The van der Waals surface area contributed by atoms with Crippen molar-refractivity contribution in [2.75, 3.05) is 5.32 Å². The molecule has 0 saturated heterocycles. The molecule has 1 N–H and O–H groups in total. The minimum Gasteiger partial charge on any atom is -0.361 e. The van der Waals surface area contributed by atoms with Gasteiger partial charge in [0.15, 0.2) is 5.69 Å². The highest BCUT2D eigenvalue weighted by atomic mass is 19.1. The van der Waals surface area contributed by atoms with Gasteiger partial charge in [0.25, 0.3) is 5.91 Å². The van der Waals surface area contributed by atoms with Crippen molar-refractivity contribution in [2.24, 2.45) is 0 Å². The largest absolute Gasteiger partial charge is 0.361 e. The molecule has 0 aliphatic heterocycles. The molecule has 1 amide bonds. The number of nitrogens with zero attached hydrogens (tertiary/aromatic N) is 2. The number of hydrogen-bond donors (Lipinski definition) is 1. The van der Waals surface area contributed by atoms with Crippen molar-refractivity contribution in [1.29, 1.82) is 0 Å². The first-order valence-corrected chi connectivity index (χ1v) is 4.50. The number of aromatic nitrogens is 2. The maximum absolute atomic E-state index is 12.8. The topological polar surface area (TPSA) is 68.0 Å². The maximum Gasteiger partial charge on any atom is 0.277 e. The number of carbonyl (C=O) groups excluding carboxylic acids is 1. The molecule has 0 unspecified atom stereocenters. The molecule has 0 fully saturated rings. The Morgan fingerprint density at radius 2 is 2.25 bits per heavy atom. The summed E-state index contributed by atoms with van der Waals surface area (Å²) < 4.78 is 17.5. The van der Waals surface area contributed by atoms with Gasteiger partial charge in [-0.2, -0.15) is 0 Å². The summed E-state index contributed by atoms with van der Waals surface area (Å²) in [6.07, 6.45) is 2.39. The van der Waals surface area contributed by atoms with Gasteiger partial charge >= 0.3 is 0 Å². The van der Waals surface area contributed by atoms with Crippen LogP contribution in [0.5, 0.6) is 0 Å². The van der Waals surface area contributed by atoms with Crippen molar-refractivity contribution in [3.63, 3.8) is 0 Å². The van der Waals surface area contributed by atoms with E-state index < -0.39 is 11.7 Å². The maximum atomic E-state index is 12.8. The van der Waals surface area contributed by atoms with Crippen molar-refractivity contribution in [2.45, 2.75) is 6.92 Å². The standard InChI is InChI=1S/C10H8FN3O2/c1-6-2-9(14-16-6)10(15)13-8-3-7(11)4-12-5-8/h2-5H,1H3,(H,13,15). The summed E-state index contributed by atoms with van der Waals surface area (Å²) in [6.45, 7) is 1.67. The summed E-state index contributed by atoms with van der Waals surface area (Å²) in [5.41, 5.74) is 0.410. The highest BCUT2D eigenvalue weighted by molar-refractivity contribution is 6.02. The van der Waals surface area contributed by atoms with Crippen molar-refractivity contribution < 1.29 is 13.7 Å². The molecular weight excluding hydrogens is 213 g/mol. The Balaban J connectivity index is 2.13. The summed E-state index contributed by atoms with van der Waals surface area (Å²) in [7, 11) is 0. The zero-order valence-corrected chi connectivity index (χ0v) is 8.40. The van der Waals surface area contributed by atoms with Crippen LogP contribution in [0.2, 0.25) is 0 Å². The van der Waals surface area contributed by atoms with E-state index in [0.717, 1.165) is 12.3 Å². The number of hydrogen-bond acceptors (Lipinski definition) is 4. The number of halogens is 1. The normalized spacial score (nSPS) is 10.1. The lowest BCUT2D eigenvalue weighted by molar-refractivity contribution is 0.101. The van der Waals surface area contributed by atoms with Gasteiger partial charge in [-0.3, -0.25) is 9.78 Å². The number of amides is 1. The van der Waals surface area contributed by atoms with Crippen LogP contribution >= 0.6 is 0 Å². The molecule has 2 aromatic rings. The molecule has 0 aliphatic carbocycles. The third-order valence-corrected chi connectivity index (χ3v) is 1.82. The molecule has 0 radical (unpaired) electrons. The summed E-state index contributed by atoms with van der Waals surface area (Å²) in [5.74, 6) is -0.457. The third kappa shape index (κ3) is 2.22. The van der Waals surface area contributed by atoms with E-state index >= 15 is 0 Å². The van der Waals surface area contributed by atoms with Crippen molar-refractivity contribution in [3.8, 4) is 0 Å². The van der Waals surface area contributed by atoms with E-state index in [9.17, 15) is 9.18 Å². The first-order valence-electron chi connectivity index (χ1n) is 4.50. The van der Waals surface area contributed by atoms with Gasteiger partial charge in [0.05, 0.1) is 18.1 Å². The van der Waals surface area contributed by atoms with Crippen LogP contribution in [-0.4, -0.2) is 16.0 Å². The zero-order chi connectivity index (χ0) is 11.5.